The highest BCUT2D eigenvalue weighted by atomic mass is 16.5. The van der Waals surface area contributed by atoms with E-state index in [4.69, 9.17) is 4.74 Å². The number of amides is 1. The van der Waals surface area contributed by atoms with Gasteiger partial charge < -0.3 is 15.0 Å². The standard InChI is InChI=1S/C14H18N2O2/c1-3-14(17)15-11-7-8-16(10-11)12-5-4-6-13(9-12)18-2/h3-6,9,11H,1,7-8,10H2,2H3,(H,15,17). The summed E-state index contributed by atoms with van der Waals surface area (Å²) < 4.78 is 5.21. The number of hydrogen-bond donors (Lipinski definition) is 1. The largest absolute Gasteiger partial charge is 0.497 e. The molecule has 1 aromatic carbocycles. The average molecular weight is 246 g/mol. The van der Waals surface area contributed by atoms with Gasteiger partial charge in [-0.1, -0.05) is 12.6 Å². The van der Waals surface area contributed by atoms with E-state index in [9.17, 15) is 4.79 Å². The fourth-order valence-corrected chi connectivity index (χ4v) is 2.18. The molecule has 1 fully saturated rings. The number of hydrogen-bond acceptors (Lipinski definition) is 3. The SMILES string of the molecule is C=CC(=O)NC1CCN(c2cccc(OC)c2)C1. The Morgan fingerprint density at radius 1 is 1.61 bits per heavy atom. The van der Waals surface area contributed by atoms with Crippen LogP contribution in [0.15, 0.2) is 36.9 Å². The molecule has 1 aliphatic heterocycles. The smallest absolute Gasteiger partial charge is 0.243 e. The molecule has 0 bridgehead atoms. The summed E-state index contributed by atoms with van der Waals surface area (Å²) in [5.41, 5.74) is 1.13. The van der Waals surface area contributed by atoms with Gasteiger partial charge in [-0.3, -0.25) is 4.79 Å². The highest BCUT2D eigenvalue weighted by Gasteiger charge is 2.23. The number of nitrogens with one attached hydrogen (secondary N) is 1. The average Bonchev–Trinajstić information content (AvgIpc) is 2.87. The Bertz CT molecular complexity index is 445. The molecule has 0 saturated carbocycles. The summed E-state index contributed by atoms with van der Waals surface area (Å²) in [6, 6.07) is 8.17. The zero-order valence-electron chi connectivity index (χ0n) is 10.6. The lowest BCUT2D eigenvalue weighted by atomic mass is 10.2. The molecule has 1 unspecified atom stereocenters. The lowest BCUT2D eigenvalue weighted by Crippen LogP contribution is -2.35. The molecule has 1 amide bonds. The van der Waals surface area contributed by atoms with E-state index in [-0.39, 0.29) is 11.9 Å². The number of benzene rings is 1. The van der Waals surface area contributed by atoms with Gasteiger partial charge in [-0.2, -0.15) is 0 Å². The number of anilines is 1. The lowest BCUT2D eigenvalue weighted by Gasteiger charge is -2.19. The van der Waals surface area contributed by atoms with E-state index in [1.54, 1.807) is 7.11 Å². The summed E-state index contributed by atoms with van der Waals surface area (Å²) in [7, 11) is 1.66. The van der Waals surface area contributed by atoms with Gasteiger partial charge in [0.1, 0.15) is 5.75 Å². The maximum atomic E-state index is 11.2. The van der Waals surface area contributed by atoms with Crippen LogP contribution in [0, 0.1) is 0 Å². The van der Waals surface area contributed by atoms with Gasteiger partial charge in [-0.15, -0.1) is 0 Å². The molecular formula is C14H18N2O2. The molecule has 0 aliphatic carbocycles. The molecule has 1 aromatic rings. The Kier molecular flexibility index (Phi) is 3.87. The fourth-order valence-electron chi connectivity index (χ4n) is 2.18. The number of carbonyl (C=O) groups excluding carboxylic acids is 1. The van der Waals surface area contributed by atoms with Gasteiger partial charge in [-0.25, -0.2) is 0 Å². The molecule has 2 rings (SSSR count). The predicted molar refractivity (Wildman–Crippen MR) is 72.0 cm³/mol. The number of ether oxygens (including phenoxy) is 1. The van der Waals surface area contributed by atoms with Gasteiger partial charge in [0.2, 0.25) is 5.91 Å². The summed E-state index contributed by atoms with van der Waals surface area (Å²) in [5, 5.41) is 2.93. The highest BCUT2D eigenvalue weighted by molar-refractivity contribution is 5.87. The molecule has 1 N–H and O–H groups in total. The van der Waals surface area contributed by atoms with E-state index in [1.165, 1.54) is 6.08 Å². The van der Waals surface area contributed by atoms with Gasteiger partial charge >= 0.3 is 0 Å². The first-order chi connectivity index (χ1) is 8.72. The second-order valence-corrected chi connectivity index (χ2v) is 4.35. The van der Waals surface area contributed by atoms with Crippen LogP contribution in [0.3, 0.4) is 0 Å². The maximum absolute atomic E-state index is 11.2. The van der Waals surface area contributed by atoms with Crippen LogP contribution in [-0.2, 0) is 4.79 Å². The van der Waals surface area contributed by atoms with Crippen molar-refractivity contribution in [3.8, 4) is 5.75 Å². The minimum atomic E-state index is -0.104. The molecule has 4 heteroatoms. The Hall–Kier alpha value is -1.97. The van der Waals surface area contributed by atoms with Crippen molar-refractivity contribution in [2.45, 2.75) is 12.5 Å². The van der Waals surface area contributed by atoms with Crippen LogP contribution in [0.1, 0.15) is 6.42 Å². The van der Waals surface area contributed by atoms with E-state index in [1.807, 2.05) is 18.2 Å². The predicted octanol–water partition coefficient (Wildman–Crippen LogP) is 1.58. The molecule has 0 spiro atoms. The van der Waals surface area contributed by atoms with Crippen molar-refractivity contribution < 1.29 is 9.53 Å². The van der Waals surface area contributed by atoms with Gasteiger partial charge in [0, 0.05) is 30.9 Å². The fraction of sp³-hybridized carbons (Fsp3) is 0.357. The second kappa shape index (κ2) is 5.58. The van der Waals surface area contributed by atoms with Crippen LogP contribution in [0.2, 0.25) is 0 Å². The van der Waals surface area contributed by atoms with Gasteiger partial charge in [0.05, 0.1) is 7.11 Å². The second-order valence-electron chi connectivity index (χ2n) is 4.35. The number of nitrogens with zero attached hydrogens (tertiary/aromatic N) is 1. The van der Waals surface area contributed by atoms with Crippen LogP contribution in [0.5, 0.6) is 5.75 Å². The molecule has 4 nitrogen and oxygen atoms in total. The summed E-state index contributed by atoms with van der Waals surface area (Å²) in [4.78, 5) is 13.5. The van der Waals surface area contributed by atoms with Crippen molar-refractivity contribution in [1.29, 1.82) is 0 Å². The molecule has 96 valence electrons. The van der Waals surface area contributed by atoms with Crippen LogP contribution in [0.25, 0.3) is 0 Å². The van der Waals surface area contributed by atoms with Crippen molar-refractivity contribution in [3.05, 3.63) is 36.9 Å². The minimum absolute atomic E-state index is 0.104. The van der Waals surface area contributed by atoms with E-state index >= 15 is 0 Å². The first kappa shape index (κ1) is 12.5. The third-order valence-electron chi connectivity index (χ3n) is 3.14. The zero-order chi connectivity index (χ0) is 13.0. The van der Waals surface area contributed by atoms with E-state index < -0.39 is 0 Å². The summed E-state index contributed by atoms with van der Waals surface area (Å²) in [6.07, 6.45) is 2.27. The highest BCUT2D eigenvalue weighted by Crippen LogP contribution is 2.24. The number of rotatable bonds is 4. The van der Waals surface area contributed by atoms with Crippen LogP contribution < -0.4 is 15.0 Å². The third-order valence-corrected chi connectivity index (χ3v) is 3.14. The molecule has 1 heterocycles. The van der Waals surface area contributed by atoms with E-state index in [2.05, 4.69) is 22.9 Å². The third kappa shape index (κ3) is 2.83. The normalized spacial score (nSPS) is 18.5. The monoisotopic (exact) mass is 246 g/mol. The Balaban J connectivity index is 1.99. The molecule has 1 atom stereocenters. The minimum Gasteiger partial charge on any atom is -0.497 e. The molecule has 0 aromatic heterocycles. The molecule has 1 aliphatic rings. The van der Waals surface area contributed by atoms with E-state index in [0.717, 1.165) is 30.9 Å². The van der Waals surface area contributed by atoms with Gasteiger partial charge in [-0.05, 0) is 24.6 Å². The molecular weight excluding hydrogens is 228 g/mol. The summed E-state index contributed by atoms with van der Waals surface area (Å²) >= 11 is 0. The molecule has 0 radical (unpaired) electrons. The maximum Gasteiger partial charge on any atom is 0.243 e. The van der Waals surface area contributed by atoms with Crippen molar-refractivity contribution in [3.63, 3.8) is 0 Å². The van der Waals surface area contributed by atoms with Crippen molar-refractivity contribution in [2.75, 3.05) is 25.1 Å². The quantitative estimate of drug-likeness (QED) is 0.820. The van der Waals surface area contributed by atoms with Crippen LogP contribution in [0.4, 0.5) is 5.69 Å². The Morgan fingerprint density at radius 2 is 2.44 bits per heavy atom. The molecule has 18 heavy (non-hydrogen) atoms. The summed E-state index contributed by atoms with van der Waals surface area (Å²) in [5.74, 6) is 0.749. The Morgan fingerprint density at radius 3 is 3.17 bits per heavy atom. The van der Waals surface area contributed by atoms with Crippen molar-refractivity contribution >= 4 is 11.6 Å². The van der Waals surface area contributed by atoms with Gasteiger partial charge in [0.15, 0.2) is 0 Å². The van der Waals surface area contributed by atoms with Crippen molar-refractivity contribution in [2.24, 2.45) is 0 Å². The number of carbonyl (C=O) groups is 1. The van der Waals surface area contributed by atoms with E-state index in [0.29, 0.717) is 0 Å². The van der Waals surface area contributed by atoms with Crippen LogP contribution in [-0.4, -0.2) is 32.1 Å². The van der Waals surface area contributed by atoms with Crippen molar-refractivity contribution in [1.82, 2.24) is 5.32 Å². The first-order valence-electron chi connectivity index (χ1n) is 6.05. The number of methoxy groups -OCH3 is 1. The topological polar surface area (TPSA) is 41.6 Å². The van der Waals surface area contributed by atoms with Crippen LogP contribution >= 0.6 is 0 Å². The molecule has 1 saturated heterocycles. The van der Waals surface area contributed by atoms with Gasteiger partial charge in [0.25, 0.3) is 0 Å². The lowest BCUT2D eigenvalue weighted by molar-refractivity contribution is -0.117. The summed E-state index contributed by atoms with van der Waals surface area (Å²) in [6.45, 7) is 5.23. The zero-order valence-corrected chi connectivity index (χ0v) is 10.6. The first-order valence-corrected chi connectivity index (χ1v) is 6.05. The Labute approximate surface area is 107 Å².